The first-order valence-corrected chi connectivity index (χ1v) is 7.49. The van der Waals surface area contributed by atoms with Gasteiger partial charge in [0.15, 0.2) is 5.78 Å². The minimum atomic E-state index is -0.0457. The average Bonchev–Trinajstić information content (AvgIpc) is 2.85. The van der Waals surface area contributed by atoms with E-state index in [2.05, 4.69) is 15.9 Å². The standard InChI is InChI=1S/C16H12BrClO2/c1-9-6-11(17)2-3-13(9)15(19)14-8-12(18)7-10-4-5-20-16(10)14/h2-3,6-8H,4-5H2,1H3. The largest absolute Gasteiger partial charge is 0.492 e. The molecule has 0 radical (unpaired) electrons. The lowest BCUT2D eigenvalue weighted by Gasteiger charge is -2.10. The van der Waals surface area contributed by atoms with Gasteiger partial charge in [0.1, 0.15) is 5.75 Å². The van der Waals surface area contributed by atoms with Gasteiger partial charge in [0.25, 0.3) is 0 Å². The van der Waals surface area contributed by atoms with Gasteiger partial charge in [-0.15, -0.1) is 0 Å². The highest BCUT2D eigenvalue weighted by atomic mass is 79.9. The lowest BCUT2D eigenvalue weighted by atomic mass is 9.97. The zero-order valence-electron chi connectivity index (χ0n) is 10.9. The predicted octanol–water partition coefficient (Wildman–Crippen LogP) is 4.58. The quantitative estimate of drug-likeness (QED) is 0.741. The van der Waals surface area contributed by atoms with Crippen molar-refractivity contribution in [3.8, 4) is 5.75 Å². The number of hydrogen-bond acceptors (Lipinski definition) is 2. The minimum Gasteiger partial charge on any atom is -0.492 e. The Bertz CT molecular complexity index is 710. The molecule has 1 heterocycles. The van der Waals surface area contributed by atoms with E-state index in [0.717, 1.165) is 22.0 Å². The topological polar surface area (TPSA) is 26.3 Å². The van der Waals surface area contributed by atoms with Crippen LogP contribution in [-0.4, -0.2) is 12.4 Å². The highest BCUT2D eigenvalue weighted by Crippen LogP contribution is 2.34. The molecule has 0 saturated carbocycles. The average molecular weight is 352 g/mol. The SMILES string of the molecule is Cc1cc(Br)ccc1C(=O)c1cc(Cl)cc2c1OCC2. The lowest BCUT2D eigenvalue weighted by molar-refractivity contribution is 0.103. The fraction of sp³-hybridized carbons (Fsp3) is 0.188. The van der Waals surface area contributed by atoms with E-state index in [4.69, 9.17) is 16.3 Å². The number of benzene rings is 2. The Hall–Kier alpha value is -1.32. The molecule has 0 bridgehead atoms. The zero-order chi connectivity index (χ0) is 14.3. The fourth-order valence-electron chi connectivity index (χ4n) is 2.46. The summed E-state index contributed by atoms with van der Waals surface area (Å²) in [6, 6.07) is 9.18. The molecule has 102 valence electrons. The minimum absolute atomic E-state index is 0.0457. The van der Waals surface area contributed by atoms with Crippen LogP contribution in [0.4, 0.5) is 0 Å². The summed E-state index contributed by atoms with van der Waals surface area (Å²) in [6.07, 6.45) is 0.801. The first-order chi connectivity index (χ1) is 9.56. The Morgan fingerprint density at radius 1 is 1.25 bits per heavy atom. The summed E-state index contributed by atoms with van der Waals surface area (Å²) in [5.41, 5.74) is 3.16. The molecule has 1 aliphatic heterocycles. The van der Waals surface area contributed by atoms with Crippen molar-refractivity contribution in [2.75, 3.05) is 6.61 Å². The maximum Gasteiger partial charge on any atom is 0.197 e. The van der Waals surface area contributed by atoms with Crippen LogP contribution in [0.1, 0.15) is 27.0 Å². The predicted molar refractivity (Wildman–Crippen MR) is 83.0 cm³/mol. The fourth-order valence-corrected chi connectivity index (χ4v) is 3.18. The van der Waals surface area contributed by atoms with Gasteiger partial charge in [-0.05, 0) is 48.4 Å². The van der Waals surface area contributed by atoms with Crippen molar-refractivity contribution in [2.45, 2.75) is 13.3 Å². The molecule has 4 heteroatoms. The van der Waals surface area contributed by atoms with Gasteiger partial charge in [-0.25, -0.2) is 0 Å². The summed E-state index contributed by atoms with van der Waals surface area (Å²) in [6.45, 7) is 2.53. The van der Waals surface area contributed by atoms with Crippen LogP contribution in [0.5, 0.6) is 5.75 Å². The number of fused-ring (bicyclic) bond motifs is 1. The van der Waals surface area contributed by atoms with Crippen LogP contribution >= 0.6 is 27.5 Å². The maximum atomic E-state index is 12.7. The molecular weight excluding hydrogens is 340 g/mol. The summed E-state index contributed by atoms with van der Waals surface area (Å²) >= 11 is 9.52. The number of halogens is 2. The third-order valence-corrected chi connectivity index (χ3v) is 4.14. The van der Waals surface area contributed by atoms with E-state index < -0.39 is 0 Å². The van der Waals surface area contributed by atoms with E-state index in [1.807, 2.05) is 31.2 Å². The molecule has 0 spiro atoms. The van der Waals surface area contributed by atoms with Crippen molar-refractivity contribution in [1.29, 1.82) is 0 Å². The Labute approximate surface area is 130 Å². The number of ether oxygens (including phenoxy) is 1. The molecule has 0 fully saturated rings. The van der Waals surface area contributed by atoms with Crippen LogP contribution in [0.25, 0.3) is 0 Å². The number of hydrogen-bond donors (Lipinski definition) is 0. The van der Waals surface area contributed by atoms with Crippen LogP contribution in [0.3, 0.4) is 0 Å². The van der Waals surface area contributed by atoms with Crippen LogP contribution in [-0.2, 0) is 6.42 Å². The number of rotatable bonds is 2. The Morgan fingerprint density at radius 3 is 2.80 bits per heavy atom. The molecule has 0 amide bonds. The number of carbonyl (C=O) groups is 1. The van der Waals surface area contributed by atoms with E-state index in [1.165, 1.54) is 0 Å². The van der Waals surface area contributed by atoms with E-state index in [0.29, 0.717) is 28.5 Å². The smallest absolute Gasteiger partial charge is 0.197 e. The lowest BCUT2D eigenvalue weighted by Crippen LogP contribution is -2.06. The maximum absolute atomic E-state index is 12.7. The highest BCUT2D eigenvalue weighted by Gasteiger charge is 2.23. The number of carbonyl (C=O) groups excluding carboxylic acids is 1. The van der Waals surface area contributed by atoms with E-state index >= 15 is 0 Å². The monoisotopic (exact) mass is 350 g/mol. The van der Waals surface area contributed by atoms with Crippen LogP contribution in [0.2, 0.25) is 5.02 Å². The van der Waals surface area contributed by atoms with E-state index in [-0.39, 0.29) is 5.78 Å². The third-order valence-electron chi connectivity index (χ3n) is 3.43. The van der Waals surface area contributed by atoms with Crippen LogP contribution < -0.4 is 4.74 Å². The Kier molecular flexibility index (Phi) is 3.57. The normalized spacial score (nSPS) is 12.9. The van der Waals surface area contributed by atoms with Gasteiger partial charge in [-0.2, -0.15) is 0 Å². The Balaban J connectivity index is 2.11. The summed E-state index contributed by atoms with van der Waals surface area (Å²) in [5, 5.41) is 0.576. The van der Waals surface area contributed by atoms with E-state index in [9.17, 15) is 4.79 Å². The zero-order valence-corrected chi connectivity index (χ0v) is 13.2. The summed E-state index contributed by atoms with van der Waals surface area (Å²) in [7, 11) is 0. The molecule has 0 saturated heterocycles. The second kappa shape index (κ2) is 5.23. The molecule has 0 N–H and O–H groups in total. The highest BCUT2D eigenvalue weighted by molar-refractivity contribution is 9.10. The van der Waals surface area contributed by atoms with Crippen LogP contribution in [0.15, 0.2) is 34.8 Å². The molecule has 0 atom stereocenters. The van der Waals surface area contributed by atoms with Crippen molar-refractivity contribution in [3.05, 3.63) is 62.1 Å². The third kappa shape index (κ3) is 2.36. The van der Waals surface area contributed by atoms with Gasteiger partial charge in [0.2, 0.25) is 0 Å². The molecule has 20 heavy (non-hydrogen) atoms. The molecule has 0 aliphatic carbocycles. The van der Waals surface area contributed by atoms with Crippen molar-refractivity contribution < 1.29 is 9.53 Å². The molecule has 2 aromatic carbocycles. The van der Waals surface area contributed by atoms with Gasteiger partial charge in [0, 0.05) is 21.5 Å². The molecular formula is C16H12BrClO2. The first-order valence-electron chi connectivity index (χ1n) is 6.32. The molecule has 1 aliphatic rings. The number of ketones is 1. The Morgan fingerprint density at radius 2 is 2.05 bits per heavy atom. The molecule has 2 aromatic rings. The summed E-state index contributed by atoms with van der Waals surface area (Å²) in [5.74, 6) is 0.636. The van der Waals surface area contributed by atoms with Gasteiger partial charge in [0.05, 0.1) is 12.2 Å². The molecule has 2 nitrogen and oxygen atoms in total. The van der Waals surface area contributed by atoms with Gasteiger partial charge >= 0.3 is 0 Å². The molecule has 3 rings (SSSR count). The van der Waals surface area contributed by atoms with Crippen molar-refractivity contribution in [2.24, 2.45) is 0 Å². The molecule has 0 aromatic heterocycles. The molecule has 0 unspecified atom stereocenters. The van der Waals surface area contributed by atoms with Crippen LogP contribution in [0, 0.1) is 6.92 Å². The van der Waals surface area contributed by atoms with Crippen molar-refractivity contribution in [1.82, 2.24) is 0 Å². The van der Waals surface area contributed by atoms with Crippen molar-refractivity contribution >= 4 is 33.3 Å². The second-order valence-electron chi connectivity index (χ2n) is 4.83. The number of aryl methyl sites for hydroxylation is 1. The van der Waals surface area contributed by atoms with E-state index in [1.54, 1.807) is 6.07 Å². The van der Waals surface area contributed by atoms with Gasteiger partial charge in [-0.1, -0.05) is 27.5 Å². The summed E-state index contributed by atoms with van der Waals surface area (Å²) in [4.78, 5) is 12.7. The van der Waals surface area contributed by atoms with Crippen molar-refractivity contribution in [3.63, 3.8) is 0 Å². The summed E-state index contributed by atoms with van der Waals surface area (Å²) < 4.78 is 6.56. The van der Waals surface area contributed by atoms with Gasteiger partial charge < -0.3 is 4.74 Å². The first kappa shape index (κ1) is 13.7. The second-order valence-corrected chi connectivity index (χ2v) is 6.18. The van der Waals surface area contributed by atoms with Gasteiger partial charge in [-0.3, -0.25) is 4.79 Å².